The molecule has 0 spiro atoms. The summed E-state index contributed by atoms with van der Waals surface area (Å²) >= 11 is 0. The molecule has 2 rings (SSSR count). The molecule has 1 aromatic heterocycles. The molecule has 1 aromatic rings. The molecule has 0 radical (unpaired) electrons. The lowest BCUT2D eigenvalue weighted by molar-refractivity contribution is -0.120. The predicted octanol–water partition coefficient (Wildman–Crippen LogP) is 1.78. The van der Waals surface area contributed by atoms with Crippen LogP contribution in [-0.4, -0.2) is 60.8 Å². The molecule has 9 nitrogen and oxygen atoms in total. The van der Waals surface area contributed by atoms with Crippen molar-refractivity contribution in [2.45, 2.75) is 45.4 Å². The van der Waals surface area contributed by atoms with Gasteiger partial charge in [-0.25, -0.2) is 9.48 Å². The average molecular weight is 380 g/mol. The Morgan fingerprint density at radius 3 is 2.81 bits per heavy atom. The highest BCUT2D eigenvalue weighted by Gasteiger charge is 2.31. The van der Waals surface area contributed by atoms with Gasteiger partial charge < -0.3 is 19.5 Å². The number of carbonyl (C=O) groups is 2. The van der Waals surface area contributed by atoms with Gasteiger partial charge in [0.05, 0.1) is 18.6 Å². The molecule has 9 heteroatoms. The zero-order valence-electron chi connectivity index (χ0n) is 16.5. The zero-order valence-corrected chi connectivity index (χ0v) is 16.5. The van der Waals surface area contributed by atoms with Crippen molar-refractivity contribution in [3.63, 3.8) is 0 Å². The second-order valence-electron chi connectivity index (χ2n) is 7.20. The third-order valence-electron chi connectivity index (χ3n) is 3.81. The van der Waals surface area contributed by atoms with Crippen LogP contribution in [-0.2, 0) is 25.5 Å². The Labute approximate surface area is 159 Å². The molecule has 0 saturated heterocycles. The number of hydrogen-bond donors (Lipinski definition) is 1. The van der Waals surface area contributed by atoms with Gasteiger partial charge in [-0.3, -0.25) is 9.69 Å². The number of hydrogen-bond acceptors (Lipinski definition) is 6. The van der Waals surface area contributed by atoms with Crippen LogP contribution in [0.1, 0.15) is 32.9 Å². The van der Waals surface area contributed by atoms with Crippen LogP contribution in [0, 0.1) is 0 Å². The van der Waals surface area contributed by atoms with E-state index in [0.29, 0.717) is 37.7 Å². The number of aromatic nitrogens is 2. The van der Waals surface area contributed by atoms with E-state index in [2.05, 4.69) is 10.4 Å². The molecule has 0 fully saturated rings. The van der Waals surface area contributed by atoms with E-state index < -0.39 is 17.7 Å². The maximum absolute atomic E-state index is 12.7. The summed E-state index contributed by atoms with van der Waals surface area (Å²) in [5.41, 5.74) is 0.0593. The Bertz CT molecular complexity index is 692. The fourth-order valence-electron chi connectivity index (χ4n) is 2.56. The number of alkyl carbamates (subject to hydrolysis) is 1. The summed E-state index contributed by atoms with van der Waals surface area (Å²) in [6.07, 6.45) is 3.10. The standard InChI is InChI=1S/C18H28N4O5/c1-18(2,3)27-17(24)19-14-6-8-22-15(21(4)16(14)23)12-13(20-22)7-9-26-11-10-25-5/h7,9,12,14H,6,8,10-11H2,1-5H3,(H,19,24)/b9-7+. The highest BCUT2D eigenvalue weighted by atomic mass is 16.6. The van der Waals surface area contributed by atoms with Crippen molar-refractivity contribution in [3.05, 3.63) is 18.0 Å². The lowest BCUT2D eigenvalue weighted by atomic mass is 10.2. The van der Waals surface area contributed by atoms with Crippen LogP contribution in [0.25, 0.3) is 6.08 Å². The number of amides is 2. The Balaban J connectivity index is 2.01. The number of ether oxygens (including phenoxy) is 3. The highest BCUT2D eigenvalue weighted by molar-refractivity contribution is 5.98. The first-order valence-corrected chi connectivity index (χ1v) is 8.83. The molecule has 1 unspecified atom stereocenters. The van der Waals surface area contributed by atoms with E-state index in [0.717, 1.165) is 0 Å². The molecular formula is C18H28N4O5. The second kappa shape index (κ2) is 8.90. The van der Waals surface area contributed by atoms with Gasteiger partial charge in [0, 0.05) is 32.8 Å². The van der Waals surface area contributed by atoms with Crippen LogP contribution in [0.3, 0.4) is 0 Å². The lowest BCUT2D eigenvalue weighted by Crippen LogP contribution is -2.48. The van der Waals surface area contributed by atoms with Crippen molar-refractivity contribution >= 4 is 23.9 Å². The minimum absolute atomic E-state index is 0.216. The normalized spacial score (nSPS) is 17.6. The minimum Gasteiger partial charge on any atom is -0.499 e. The molecule has 2 amide bonds. The van der Waals surface area contributed by atoms with Gasteiger partial charge in [0.2, 0.25) is 0 Å². The summed E-state index contributed by atoms with van der Waals surface area (Å²) in [7, 11) is 3.27. The molecule has 2 heterocycles. The zero-order chi connectivity index (χ0) is 20.0. The number of carbonyl (C=O) groups excluding carboxylic acids is 2. The largest absolute Gasteiger partial charge is 0.499 e. The molecule has 1 aliphatic rings. The van der Waals surface area contributed by atoms with E-state index in [1.807, 2.05) is 0 Å². The number of likely N-dealkylation sites (N-methyl/N-ethyl adjacent to an activating group) is 1. The lowest BCUT2D eigenvalue weighted by Gasteiger charge is -2.24. The average Bonchev–Trinajstić information content (AvgIpc) is 2.94. The Morgan fingerprint density at radius 1 is 1.41 bits per heavy atom. The van der Waals surface area contributed by atoms with Gasteiger partial charge in [-0.15, -0.1) is 0 Å². The van der Waals surface area contributed by atoms with Crippen LogP contribution in [0.15, 0.2) is 12.3 Å². The van der Waals surface area contributed by atoms with E-state index in [1.165, 1.54) is 4.90 Å². The topological polar surface area (TPSA) is 94.9 Å². The summed E-state index contributed by atoms with van der Waals surface area (Å²) in [6.45, 7) is 6.78. The van der Waals surface area contributed by atoms with Gasteiger partial charge >= 0.3 is 6.09 Å². The maximum Gasteiger partial charge on any atom is 0.408 e. The SMILES string of the molecule is COCCO/C=C/c1cc2n(n1)CCC(NC(=O)OC(C)(C)C)C(=O)N2C. The van der Waals surface area contributed by atoms with Crippen molar-refractivity contribution in [1.29, 1.82) is 0 Å². The summed E-state index contributed by atoms with van der Waals surface area (Å²) in [6, 6.07) is 1.13. The third-order valence-corrected chi connectivity index (χ3v) is 3.81. The van der Waals surface area contributed by atoms with Crippen molar-refractivity contribution in [2.24, 2.45) is 0 Å². The monoisotopic (exact) mass is 380 g/mol. The molecule has 1 N–H and O–H groups in total. The van der Waals surface area contributed by atoms with Crippen LogP contribution in [0.4, 0.5) is 10.6 Å². The second-order valence-corrected chi connectivity index (χ2v) is 7.20. The molecule has 0 bridgehead atoms. The molecule has 27 heavy (non-hydrogen) atoms. The number of aryl methyl sites for hydroxylation is 1. The van der Waals surface area contributed by atoms with Crippen LogP contribution in [0.2, 0.25) is 0 Å². The van der Waals surface area contributed by atoms with E-state index in [1.54, 1.807) is 58.0 Å². The molecule has 1 aliphatic heterocycles. The Kier molecular flexibility index (Phi) is 6.84. The van der Waals surface area contributed by atoms with Crippen molar-refractivity contribution in [2.75, 3.05) is 32.3 Å². The molecule has 0 aliphatic carbocycles. The third kappa shape index (κ3) is 5.99. The Morgan fingerprint density at radius 2 is 2.15 bits per heavy atom. The predicted molar refractivity (Wildman–Crippen MR) is 100 cm³/mol. The summed E-state index contributed by atoms with van der Waals surface area (Å²) in [4.78, 5) is 26.2. The van der Waals surface area contributed by atoms with Crippen molar-refractivity contribution < 1.29 is 23.8 Å². The number of anilines is 1. The molecule has 0 saturated carbocycles. The maximum atomic E-state index is 12.7. The summed E-state index contributed by atoms with van der Waals surface area (Å²) < 4.78 is 17.2. The molecule has 150 valence electrons. The Hall–Kier alpha value is -2.55. The molecule has 0 aromatic carbocycles. The molecular weight excluding hydrogens is 352 g/mol. The first-order valence-electron chi connectivity index (χ1n) is 8.83. The van der Waals surface area contributed by atoms with Gasteiger partial charge in [-0.05, 0) is 27.2 Å². The van der Waals surface area contributed by atoms with Crippen LogP contribution >= 0.6 is 0 Å². The van der Waals surface area contributed by atoms with Gasteiger partial charge in [-0.1, -0.05) is 0 Å². The van der Waals surface area contributed by atoms with E-state index in [9.17, 15) is 9.59 Å². The fourth-order valence-corrected chi connectivity index (χ4v) is 2.56. The smallest absolute Gasteiger partial charge is 0.408 e. The van der Waals surface area contributed by atoms with E-state index in [4.69, 9.17) is 14.2 Å². The van der Waals surface area contributed by atoms with Crippen molar-refractivity contribution in [3.8, 4) is 0 Å². The summed E-state index contributed by atoms with van der Waals surface area (Å²) in [5, 5.41) is 7.12. The molecule has 1 atom stereocenters. The van der Waals surface area contributed by atoms with Crippen LogP contribution < -0.4 is 10.2 Å². The number of methoxy groups -OCH3 is 1. The van der Waals surface area contributed by atoms with Crippen molar-refractivity contribution in [1.82, 2.24) is 15.1 Å². The minimum atomic E-state index is -0.664. The number of rotatable bonds is 6. The highest BCUT2D eigenvalue weighted by Crippen LogP contribution is 2.22. The first kappa shape index (κ1) is 20.8. The van der Waals surface area contributed by atoms with E-state index in [-0.39, 0.29) is 5.91 Å². The van der Waals surface area contributed by atoms with Crippen LogP contribution in [0.5, 0.6) is 0 Å². The fraction of sp³-hybridized carbons (Fsp3) is 0.611. The van der Waals surface area contributed by atoms with Gasteiger partial charge in [0.15, 0.2) is 0 Å². The number of nitrogens with one attached hydrogen (secondary N) is 1. The van der Waals surface area contributed by atoms with Gasteiger partial charge in [-0.2, -0.15) is 5.10 Å². The number of nitrogens with zero attached hydrogens (tertiary/aromatic N) is 3. The summed E-state index contributed by atoms with van der Waals surface area (Å²) in [5.74, 6) is 0.441. The van der Waals surface area contributed by atoms with E-state index >= 15 is 0 Å². The van der Waals surface area contributed by atoms with Gasteiger partial charge in [0.25, 0.3) is 5.91 Å². The van der Waals surface area contributed by atoms with Gasteiger partial charge in [0.1, 0.15) is 24.1 Å². The number of fused-ring (bicyclic) bond motifs is 1. The quantitative estimate of drug-likeness (QED) is 0.597. The first-order chi connectivity index (χ1) is 12.7.